The summed E-state index contributed by atoms with van der Waals surface area (Å²) in [7, 11) is 2.71. The fourth-order valence-corrected chi connectivity index (χ4v) is 4.06. The Hall–Kier alpha value is -3.16. The van der Waals surface area contributed by atoms with Crippen molar-refractivity contribution in [1.29, 1.82) is 0 Å². The second-order valence-electron chi connectivity index (χ2n) is 7.46. The molecule has 0 N–H and O–H groups in total. The van der Waals surface area contributed by atoms with Gasteiger partial charge in [0.05, 0.1) is 25.9 Å². The van der Waals surface area contributed by atoms with Gasteiger partial charge in [-0.3, -0.25) is 4.90 Å². The molecule has 1 heterocycles. The predicted molar refractivity (Wildman–Crippen MR) is 117 cm³/mol. The molecule has 0 saturated carbocycles. The number of hydrogen-bond acceptors (Lipinski definition) is 6. The van der Waals surface area contributed by atoms with Gasteiger partial charge in [-0.05, 0) is 29.3 Å². The number of esters is 1. The van der Waals surface area contributed by atoms with Crippen LogP contribution in [0, 0.1) is 5.21 Å². The molecule has 162 valence electrons. The van der Waals surface area contributed by atoms with Crippen molar-refractivity contribution in [1.82, 2.24) is 4.90 Å². The number of ether oxygens (including phenoxy) is 3. The van der Waals surface area contributed by atoms with Crippen LogP contribution >= 0.6 is 0 Å². The summed E-state index contributed by atoms with van der Waals surface area (Å²) in [6, 6.07) is 15.2. The maximum atomic E-state index is 12.7. The Morgan fingerprint density at radius 1 is 1.13 bits per heavy atom. The number of rotatable bonds is 6. The molecule has 1 aliphatic carbocycles. The predicted octanol–water partition coefficient (Wildman–Crippen LogP) is 2.32. The van der Waals surface area contributed by atoms with E-state index < -0.39 is 5.97 Å². The van der Waals surface area contributed by atoms with Gasteiger partial charge in [-0.2, -0.15) is 0 Å². The molecule has 0 atom stereocenters. The van der Waals surface area contributed by atoms with Crippen molar-refractivity contribution in [3.8, 4) is 5.75 Å². The van der Waals surface area contributed by atoms with Gasteiger partial charge in [-0.1, -0.05) is 30.3 Å². The number of benzene rings is 2. The summed E-state index contributed by atoms with van der Waals surface area (Å²) in [4.78, 5) is 15.0. The van der Waals surface area contributed by atoms with Gasteiger partial charge in [0.15, 0.2) is 0 Å². The van der Waals surface area contributed by atoms with Crippen LogP contribution in [0.1, 0.15) is 16.7 Å². The minimum atomic E-state index is -0.539. The Bertz CT molecular complexity index is 1020. The molecule has 7 nitrogen and oxygen atoms in total. The Balaban J connectivity index is 1.67. The van der Waals surface area contributed by atoms with E-state index in [1.54, 1.807) is 0 Å². The van der Waals surface area contributed by atoms with Gasteiger partial charge in [-0.15, -0.1) is 0 Å². The highest BCUT2D eigenvalue weighted by molar-refractivity contribution is 6.35. The molecule has 4 rings (SSSR count). The number of methoxy groups -OCH3 is 1. The molecule has 2 aliphatic rings. The first-order chi connectivity index (χ1) is 15.1. The van der Waals surface area contributed by atoms with E-state index in [0.717, 1.165) is 48.7 Å². The van der Waals surface area contributed by atoms with Crippen molar-refractivity contribution in [3.05, 3.63) is 76.0 Å². The van der Waals surface area contributed by atoms with Crippen LogP contribution in [0.5, 0.6) is 5.75 Å². The van der Waals surface area contributed by atoms with Crippen molar-refractivity contribution >= 4 is 17.3 Å². The molecule has 7 heteroatoms. The lowest BCUT2D eigenvalue weighted by atomic mass is 9.97. The summed E-state index contributed by atoms with van der Waals surface area (Å²) in [5.41, 5.74) is 3.58. The van der Waals surface area contributed by atoms with Gasteiger partial charge in [0.1, 0.15) is 25.0 Å². The monoisotopic (exact) mass is 422 g/mol. The third-order valence-electron chi connectivity index (χ3n) is 5.55. The fraction of sp³-hybridized carbons (Fsp3) is 0.333. The van der Waals surface area contributed by atoms with Crippen molar-refractivity contribution < 1.29 is 23.7 Å². The third-order valence-corrected chi connectivity index (χ3v) is 5.55. The summed E-state index contributed by atoms with van der Waals surface area (Å²) >= 11 is 0. The lowest BCUT2D eigenvalue weighted by Crippen LogP contribution is -2.38. The van der Waals surface area contributed by atoms with Crippen molar-refractivity contribution in [2.75, 3.05) is 53.6 Å². The molecule has 1 fully saturated rings. The first-order valence-electron chi connectivity index (χ1n) is 10.3. The minimum Gasteiger partial charge on any atom is -0.624 e. The Kier molecular flexibility index (Phi) is 6.34. The highest BCUT2D eigenvalue weighted by Crippen LogP contribution is 2.39. The number of hydroxylamine groups is 1. The molecule has 2 aromatic rings. The van der Waals surface area contributed by atoms with Crippen LogP contribution in [-0.2, 0) is 14.3 Å². The van der Waals surface area contributed by atoms with E-state index in [1.165, 1.54) is 14.2 Å². The average molecular weight is 422 g/mol. The highest BCUT2D eigenvalue weighted by Gasteiger charge is 2.38. The molecule has 1 saturated heterocycles. The molecule has 0 amide bonds. The first-order valence-corrected chi connectivity index (χ1v) is 10.3. The summed E-state index contributed by atoms with van der Waals surface area (Å²) in [5, 5.41) is 12.5. The molecule has 0 spiro atoms. The van der Waals surface area contributed by atoms with Gasteiger partial charge >= 0.3 is 5.97 Å². The number of nitrogens with zero attached hydrogens (tertiary/aromatic N) is 2. The number of carbonyl (C=O) groups is 1. The maximum absolute atomic E-state index is 12.7. The lowest BCUT2D eigenvalue weighted by molar-refractivity contribution is -0.421. The van der Waals surface area contributed by atoms with Crippen LogP contribution in [-0.4, -0.2) is 74.9 Å². The normalized spacial score (nSPS) is 18.0. The Labute approximate surface area is 181 Å². The Morgan fingerprint density at radius 2 is 1.87 bits per heavy atom. The second-order valence-corrected chi connectivity index (χ2v) is 7.46. The molecule has 0 radical (unpaired) electrons. The van der Waals surface area contributed by atoms with E-state index in [9.17, 15) is 10.0 Å². The second kappa shape index (κ2) is 9.32. The van der Waals surface area contributed by atoms with Gasteiger partial charge in [0.25, 0.3) is 0 Å². The van der Waals surface area contributed by atoms with Crippen molar-refractivity contribution in [2.45, 2.75) is 0 Å². The van der Waals surface area contributed by atoms with E-state index in [4.69, 9.17) is 14.2 Å². The largest absolute Gasteiger partial charge is 0.624 e. The third kappa shape index (κ3) is 4.33. The molecule has 2 aromatic carbocycles. The standard InChI is InChI=1S/C24H26N2O5/c1-25(28)23-20-16-18(31-15-12-26-10-13-30-14-11-26)8-9-19(20)21(22(23)24(27)29-2)17-6-4-3-5-7-17/h3-9,16H,10-15H2,1-2H3/b25-23+. The summed E-state index contributed by atoms with van der Waals surface area (Å²) < 4.78 is 17.1. The molecule has 1 aliphatic heterocycles. The first kappa shape index (κ1) is 21.1. The molecular formula is C24H26N2O5. The number of fused-ring (bicyclic) bond motifs is 1. The summed E-state index contributed by atoms with van der Waals surface area (Å²) in [5.74, 6) is 0.118. The smallest absolute Gasteiger partial charge is 0.345 e. The fourth-order valence-electron chi connectivity index (χ4n) is 4.06. The summed E-state index contributed by atoms with van der Waals surface area (Å²) in [6.45, 7) is 4.64. The molecule has 31 heavy (non-hydrogen) atoms. The average Bonchev–Trinajstić information content (AvgIpc) is 3.14. The summed E-state index contributed by atoms with van der Waals surface area (Å²) in [6.07, 6.45) is 0. The van der Waals surface area contributed by atoms with Crippen LogP contribution in [0.25, 0.3) is 5.57 Å². The van der Waals surface area contributed by atoms with E-state index in [1.807, 2.05) is 48.5 Å². The van der Waals surface area contributed by atoms with E-state index in [2.05, 4.69) is 4.90 Å². The van der Waals surface area contributed by atoms with Crippen LogP contribution in [0.4, 0.5) is 0 Å². The van der Waals surface area contributed by atoms with Crippen LogP contribution in [0.15, 0.2) is 54.1 Å². The number of carbonyl (C=O) groups excluding carboxylic acids is 1. The van der Waals surface area contributed by atoms with Crippen molar-refractivity contribution in [3.63, 3.8) is 0 Å². The van der Waals surface area contributed by atoms with Crippen LogP contribution < -0.4 is 4.74 Å². The molecular weight excluding hydrogens is 396 g/mol. The van der Waals surface area contributed by atoms with E-state index in [0.29, 0.717) is 29.2 Å². The zero-order chi connectivity index (χ0) is 21.8. The quantitative estimate of drug-likeness (QED) is 0.308. The lowest BCUT2D eigenvalue weighted by Gasteiger charge is -2.26. The topological polar surface area (TPSA) is 74.1 Å². The van der Waals surface area contributed by atoms with Crippen LogP contribution in [0.3, 0.4) is 0 Å². The molecule has 0 aromatic heterocycles. The van der Waals surface area contributed by atoms with Gasteiger partial charge in [0, 0.05) is 25.2 Å². The number of hydrogen-bond donors (Lipinski definition) is 0. The van der Waals surface area contributed by atoms with Gasteiger partial charge < -0.3 is 19.4 Å². The van der Waals surface area contributed by atoms with Crippen molar-refractivity contribution in [2.24, 2.45) is 0 Å². The van der Waals surface area contributed by atoms with Gasteiger partial charge in [-0.25, -0.2) is 9.53 Å². The highest BCUT2D eigenvalue weighted by atomic mass is 16.5. The Morgan fingerprint density at radius 3 is 2.55 bits per heavy atom. The SMILES string of the molecule is COC(=O)C1=C(c2ccccc2)c2ccc(OCCN3CCOCC3)cc2/C1=[N+](/C)[O-]. The maximum Gasteiger partial charge on any atom is 0.345 e. The molecule has 0 unspecified atom stereocenters. The van der Waals surface area contributed by atoms with E-state index >= 15 is 0 Å². The van der Waals surface area contributed by atoms with Gasteiger partial charge in [0.2, 0.25) is 5.71 Å². The van der Waals surface area contributed by atoms with E-state index in [-0.39, 0.29) is 5.57 Å². The zero-order valence-corrected chi connectivity index (χ0v) is 17.8. The minimum absolute atomic E-state index is 0.270. The number of morpholine rings is 1. The zero-order valence-electron chi connectivity index (χ0n) is 17.8. The molecule has 0 bridgehead atoms. The van der Waals surface area contributed by atoms with Crippen LogP contribution in [0.2, 0.25) is 0 Å².